The van der Waals surface area contributed by atoms with Gasteiger partial charge in [-0.15, -0.1) is 0 Å². The molecule has 1 aromatic heterocycles. The molecule has 0 bridgehead atoms. The Hall–Kier alpha value is -1.82. The van der Waals surface area contributed by atoms with Crippen molar-refractivity contribution >= 4 is 0 Å². The predicted molar refractivity (Wildman–Crippen MR) is 58.5 cm³/mol. The third-order valence-corrected chi connectivity index (χ3v) is 2.44. The highest BCUT2D eigenvalue weighted by Crippen LogP contribution is 2.31. The summed E-state index contributed by atoms with van der Waals surface area (Å²) in [5, 5.41) is 6.55. The van der Waals surface area contributed by atoms with E-state index in [2.05, 4.69) is 15.0 Å². The number of rotatable bonds is 4. The van der Waals surface area contributed by atoms with Gasteiger partial charge in [-0.05, 0) is 11.6 Å². The van der Waals surface area contributed by atoms with Crippen LogP contribution in [-0.4, -0.2) is 5.16 Å². The van der Waals surface area contributed by atoms with Crippen molar-refractivity contribution in [3.8, 4) is 0 Å². The van der Waals surface area contributed by atoms with Crippen LogP contribution in [0.1, 0.15) is 16.8 Å². The second kappa shape index (κ2) is 5.22. The van der Waals surface area contributed by atoms with Crippen LogP contribution in [-0.2, 0) is 19.3 Å². The van der Waals surface area contributed by atoms with Gasteiger partial charge in [0, 0.05) is 19.2 Å². The third-order valence-electron chi connectivity index (χ3n) is 2.44. The summed E-state index contributed by atoms with van der Waals surface area (Å²) in [5.74, 6) is 0. The molecule has 0 amide bonds. The van der Waals surface area contributed by atoms with E-state index in [1.54, 1.807) is 12.1 Å². The Morgan fingerprint density at radius 3 is 2.56 bits per heavy atom. The molecular weight excluding hydrogens is 245 g/mol. The molecule has 0 aliphatic heterocycles. The van der Waals surface area contributed by atoms with Crippen LogP contribution >= 0.6 is 0 Å². The van der Waals surface area contributed by atoms with Gasteiger partial charge < -0.3 is 9.84 Å². The fraction of sp³-hybridized carbons (Fsp3) is 0.250. The Balaban J connectivity index is 2.01. The van der Waals surface area contributed by atoms with E-state index in [0.717, 1.165) is 6.07 Å². The SMILES string of the molecule is FC(F)(F)c1ccccc1CNCc1ccon1. The summed E-state index contributed by atoms with van der Waals surface area (Å²) < 4.78 is 42.7. The fourth-order valence-corrected chi connectivity index (χ4v) is 1.60. The number of halogens is 3. The zero-order chi connectivity index (χ0) is 13.0. The number of hydrogen-bond donors (Lipinski definition) is 1. The smallest absolute Gasteiger partial charge is 0.364 e. The molecular formula is C12H11F3N2O. The van der Waals surface area contributed by atoms with E-state index in [-0.39, 0.29) is 12.1 Å². The first-order valence-electron chi connectivity index (χ1n) is 5.32. The molecule has 1 N–H and O–H groups in total. The van der Waals surface area contributed by atoms with Crippen molar-refractivity contribution in [2.24, 2.45) is 0 Å². The number of nitrogens with one attached hydrogen (secondary N) is 1. The minimum Gasteiger partial charge on any atom is -0.364 e. The van der Waals surface area contributed by atoms with Crippen molar-refractivity contribution in [1.29, 1.82) is 0 Å². The van der Waals surface area contributed by atoms with Crippen LogP contribution < -0.4 is 5.32 Å². The predicted octanol–water partition coefficient (Wildman–Crippen LogP) is 2.98. The molecule has 6 heteroatoms. The minimum atomic E-state index is -4.33. The molecule has 0 radical (unpaired) electrons. The summed E-state index contributed by atoms with van der Waals surface area (Å²) in [6, 6.07) is 7.15. The average molecular weight is 256 g/mol. The van der Waals surface area contributed by atoms with Crippen LogP contribution in [0.15, 0.2) is 41.1 Å². The first-order chi connectivity index (χ1) is 8.57. The Kier molecular flexibility index (Phi) is 3.66. The molecule has 1 aromatic carbocycles. The van der Waals surface area contributed by atoms with E-state index in [1.807, 2.05) is 0 Å². The van der Waals surface area contributed by atoms with Gasteiger partial charge in [-0.3, -0.25) is 0 Å². The van der Waals surface area contributed by atoms with Gasteiger partial charge >= 0.3 is 6.18 Å². The van der Waals surface area contributed by atoms with Crippen molar-refractivity contribution in [3.63, 3.8) is 0 Å². The molecule has 0 saturated carbocycles. The summed E-state index contributed by atoms with van der Waals surface area (Å²) in [5.41, 5.74) is 0.255. The van der Waals surface area contributed by atoms with Gasteiger partial charge in [0.05, 0.1) is 11.3 Å². The first-order valence-corrected chi connectivity index (χ1v) is 5.32. The van der Waals surface area contributed by atoms with E-state index >= 15 is 0 Å². The van der Waals surface area contributed by atoms with E-state index in [4.69, 9.17) is 0 Å². The lowest BCUT2D eigenvalue weighted by molar-refractivity contribution is -0.138. The number of alkyl halides is 3. The van der Waals surface area contributed by atoms with E-state index in [9.17, 15) is 13.2 Å². The third kappa shape index (κ3) is 3.10. The van der Waals surface area contributed by atoms with Crippen molar-refractivity contribution in [2.75, 3.05) is 0 Å². The number of nitrogens with zero attached hydrogens (tertiary/aromatic N) is 1. The van der Waals surface area contributed by atoms with E-state index in [0.29, 0.717) is 12.2 Å². The molecule has 0 saturated heterocycles. The molecule has 0 fully saturated rings. The lowest BCUT2D eigenvalue weighted by Gasteiger charge is -2.12. The van der Waals surface area contributed by atoms with Gasteiger partial charge in [-0.25, -0.2) is 0 Å². The van der Waals surface area contributed by atoms with Gasteiger partial charge in [-0.2, -0.15) is 13.2 Å². The lowest BCUT2D eigenvalue weighted by Crippen LogP contribution is -2.17. The molecule has 1 heterocycles. The Labute approximate surface area is 102 Å². The average Bonchev–Trinajstić information content (AvgIpc) is 2.81. The van der Waals surface area contributed by atoms with Gasteiger partial charge in [0.1, 0.15) is 6.26 Å². The maximum Gasteiger partial charge on any atom is 0.416 e. The van der Waals surface area contributed by atoms with Crippen molar-refractivity contribution in [2.45, 2.75) is 19.3 Å². The molecule has 18 heavy (non-hydrogen) atoms. The minimum absolute atomic E-state index is 0.128. The van der Waals surface area contributed by atoms with Crippen molar-refractivity contribution in [1.82, 2.24) is 10.5 Å². The molecule has 3 nitrogen and oxygen atoms in total. The molecule has 0 spiro atoms. The molecule has 0 aliphatic rings. The van der Waals surface area contributed by atoms with Crippen LogP contribution in [0.4, 0.5) is 13.2 Å². The molecule has 2 aromatic rings. The Morgan fingerprint density at radius 1 is 1.11 bits per heavy atom. The number of benzene rings is 1. The van der Waals surface area contributed by atoms with Crippen LogP contribution in [0.25, 0.3) is 0 Å². The van der Waals surface area contributed by atoms with Crippen molar-refractivity contribution in [3.05, 3.63) is 53.4 Å². The summed E-state index contributed by atoms with van der Waals surface area (Å²) in [4.78, 5) is 0. The summed E-state index contributed by atoms with van der Waals surface area (Å²) in [6.07, 6.45) is -2.91. The zero-order valence-corrected chi connectivity index (χ0v) is 9.37. The second-order valence-corrected chi connectivity index (χ2v) is 3.75. The first kappa shape index (κ1) is 12.6. The van der Waals surface area contributed by atoms with Crippen LogP contribution in [0.5, 0.6) is 0 Å². The highest BCUT2D eigenvalue weighted by Gasteiger charge is 2.32. The quantitative estimate of drug-likeness (QED) is 0.913. The molecule has 0 unspecified atom stereocenters. The zero-order valence-electron chi connectivity index (χ0n) is 9.37. The summed E-state index contributed by atoms with van der Waals surface area (Å²) >= 11 is 0. The van der Waals surface area contributed by atoms with Crippen LogP contribution in [0.2, 0.25) is 0 Å². The summed E-state index contributed by atoms with van der Waals surface area (Å²) in [6.45, 7) is 0.491. The Bertz CT molecular complexity index is 494. The largest absolute Gasteiger partial charge is 0.416 e. The monoisotopic (exact) mass is 256 g/mol. The molecule has 0 atom stereocenters. The molecule has 2 rings (SSSR count). The van der Waals surface area contributed by atoms with Crippen molar-refractivity contribution < 1.29 is 17.7 Å². The van der Waals surface area contributed by atoms with E-state index in [1.165, 1.54) is 18.4 Å². The highest BCUT2D eigenvalue weighted by atomic mass is 19.4. The van der Waals surface area contributed by atoms with Gasteiger partial charge in [-0.1, -0.05) is 23.4 Å². The molecule has 96 valence electrons. The second-order valence-electron chi connectivity index (χ2n) is 3.75. The molecule has 0 aliphatic carbocycles. The van der Waals surface area contributed by atoms with Gasteiger partial charge in [0.15, 0.2) is 0 Å². The van der Waals surface area contributed by atoms with Gasteiger partial charge in [0.2, 0.25) is 0 Å². The van der Waals surface area contributed by atoms with E-state index < -0.39 is 11.7 Å². The Morgan fingerprint density at radius 2 is 1.89 bits per heavy atom. The van der Waals surface area contributed by atoms with Gasteiger partial charge in [0.25, 0.3) is 0 Å². The normalized spacial score (nSPS) is 11.7. The highest BCUT2D eigenvalue weighted by molar-refractivity contribution is 5.29. The van der Waals surface area contributed by atoms with Crippen LogP contribution in [0.3, 0.4) is 0 Å². The lowest BCUT2D eigenvalue weighted by atomic mass is 10.1. The standard InChI is InChI=1S/C12H11F3N2O/c13-12(14,15)11-4-2-1-3-9(11)7-16-8-10-5-6-18-17-10/h1-6,16H,7-8H2. The maximum atomic E-state index is 12.7. The maximum absolute atomic E-state index is 12.7. The number of aromatic nitrogens is 1. The topological polar surface area (TPSA) is 38.1 Å². The fourth-order valence-electron chi connectivity index (χ4n) is 1.60. The van der Waals surface area contributed by atoms with Crippen LogP contribution in [0, 0.1) is 0 Å². The number of hydrogen-bond acceptors (Lipinski definition) is 3. The summed E-state index contributed by atoms with van der Waals surface area (Å²) in [7, 11) is 0.